The largest absolute Gasteiger partial charge is 0.469 e. The van der Waals surface area contributed by atoms with Crippen LogP contribution in [0.3, 0.4) is 0 Å². The quantitative estimate of drug-likeness (QED) is 0.899. The van der Waals surface area contributed by atoms with Gasteiger partial charge in [0.25, 0.3) is 0 Å². The number of urea groups is 1. The molecule has 1 aliphatic carbocycles. The molecule has 3 rings (SSSR count). The second-order valence-electron chi connectivity index (χ2n) is 6.67. The van der Waals surface area contributed by atoms with Gasteiger partial charge < -0.3 is 20.0 Å². The average molecular weight is 305 g/mol. The molecule has 1 saturated heterocycles. The molecule has 2 heterocycles. The Morgan fingerprint density at radius 2 is 2.18 bits per heavy atom. The van der Waals surface area contributed by atoms with Crippen molar-refractivity contribution in [2.24, 2.45) is 5.92 Å². The summed E-state index contributed by atoms with van der Waals surface area (Å²) in [6, 6.07) is 2.01. The number of fused-ring (bicyclic) bond motifs is 1. The number of carbonyl (C=O) groups excluding carboxylic acids is 1. The number of nitrogens with one attached hydrogen (secondary N) is 2. The van der Waals surface area contributed by atoms with Gasteiger partial charge in [0.2, 0.25) is 0 Å². The van der Waals surface area contributed by atoms with E-state index in [9.17, 15) is 4.79 Å². The van der Waals surface area contributed by atoms with Crippen molar-refractivity contribution in [2.45, 2.75) is 45.1 Å². The minimum atomic E-state index is -0.0653. The second-order valence-corrected chi connectivity index (χ2v) is 6.67. The summed E-state index contributed by atoms with van der Waals surface area (Å²) in [5.41, 5.74) is 1.14. The number of hydrogen-bond donors (Lipinski definition) is 2. The van der Waals surface area contributed by atoms with Gasteiger partial charge in [-0.25, -0.2) is 4.79 Å². The summed E-state index contributed by atoms with van der Waals surface area (Å²) in [5.74, 6) is 1.88. The minimum Gasteiger partial charge on any atom is -0.469 e. The summed E-state index contributed by atoms with van der Waals surface area (Å²) >= 11 is 0. The summed E-state index contributed by atoms with van der Waals surface area (Å²) < 4.78 is 5.46. The Labute approximate surface area is 132 Å². The zero-order chi connectivity index (χ0) is 15.4. The van der Waals surface area contributed by atoms with E-state index in [0.717, 1.165) is 56.1 Å². The summed E-state index contributed by atoms with van der Waals surface area (Å²) in [6.07, 6.45) is 7.31. The molecule has 0 bridgehead atoms. The number of rotatable bonds is 4. The molecule has 122 valence electrons. The molecule has 2 N–H and O–H groups in total. The van der Waals surface area contributed by atoms with Gasteiger partial charge in [-0.1, -0.05) is 6.92 Å². The lowest BCUT2D eigenvalue weighted by molar-refractivity contribution is 0.191. The maximum absolute atomic E-state index is 12.1. The Hall–Kier alpha value is -1.49. The fourth-order valence-electron chi connectivity index (χ4n) is 3.46. The van der Waals surface area contributed by atoms with Crippen molar-refractivity contribution >= 4 is 6.03 Å². The third kappa shape index (κ3) is 3.83. The minimum absolute atomic E-state index is 0.0653. The molecule has 1 aliphatic heterocycles. The van der Waals surface area contributed by atoms with Gasteiger partial charge in [-0.3, -0.25) is 0 Å². The van der Waals surface area contributed by atoms with Gasteiger partial charge in [-0.05, 0) is 50.8 Å². The Morgan fingerprint density at radius 1 is 1.36 bits per heavy atom. The Morgan fingerprint density at radius 3 is 3.00 bits per heavy atom. The molecule has 1 fully saturated rings. The topological polar surface area (TPSA) is 57.5 Å². The average Bonchev–Trinajstić information content (AvgIpc) is 2.99. The highest BCUT2D eigenvalue weighted by atomic mass is 16.3. The molecule has 1 aromatic rings. The number of furan rings is 1. The summed E-state index contributed by atoms with van der Waals surface area (Å²) in [5, 5.41) is 6.07. The van der Waals surface area contributed by atoms with Crippen LogP contribution in [0.4, 0.5) is 4.79 Å². The Balaban J connectivity index is 1.38. The molecule has 1 aromatic heterocycles. The summed E-state index contributed by atoms with van der Waals surface area (Å²) in [4.78, 5) is 14.5. The first-order valence-electron chi connectivity index (χ1n) is 8.55. The van der Waals surface area contributed by atoms with Crippen LogP contribution in [0.1, 0.15) is 50.0 Å². The normalized spacial score (nSPS) is 23.0. The first kappa shape index (κ1) is 15.4. The molecule has 22 heavy (non-hydrogen) atoms. The van der Waals surface area contributed by atoms with Gasteiger partial charge in [0.15, 0.2) is 0 Å². The van der Waals surface area contributed by atoms with Crippen LogP contribution in [0.2, 0.25) is 0 Å². The molecule has 5 nitrogen and oxygen atoms in total. The number of likely N-dealkylation sites (tertiary alicyclic amines) is 1. The van der Waals surface area contributed by atoms with Crippen LogP contribution >= 0.6 is 0 Å². The van der Waals surface area contributed by atoms with E-state index in [1.807, 2.05) is 6.07 Å². The molecular weight excluding hydrogens is 278 g/mol. The van der Waals surface area contributed by atoms with Crippen molar-refractivity contribution in [2.75, 3.05) is 26.2 Å². The van der Waals surface area contributed by atoms with E-state index in [1.54, 1.807) is 6.26 Å². The highest BCUT2D eigenvalue weighted by molar-refractivity contribution is 5.74. The van der Waals surface area contributed by atoms with Gasteiger partial charge in [0.05, 0.1) is 12.3 Å². The molecular formula is C17H27N3O2. The smallest absolute Gasteiger partial charge is 0.315 e. The molecule has 0 spiro atoms. The molecule has 2 amide bonds. The molecule has 0 radical (unpaired) electrons. The summed E-state index contributed by atoms with van der Waals surface area (Å²) in [7, 11) is 0. The van der Waals surface area contributed by atoms with Crippen molar-refractivity contribution in [1.29, 1.82) is 0 Å². The standard InChI is InChI=1S/C17H27N3O2/c1-13-5-9-20(10-6-13)11-8-18-17(21)19-15-3-2-4-16-14(15)7-12-22-16/h7,12-13,15H,2-6,8-11H2,1H3,(H2,18,19,21). The SMILES string of the molecule is CC1CCN(CCNC(=O)NC2CCCc3occc32)CC1. The number of carbonyl (C=O) groups is 1. The number of amides is 2. The van der Waals surface area contributed by atoms with E-state index >= 15 is 0 Å². The number of aryl methyl sites for hydroxylation is 1. The van der Waals surface area contributed by atoms with Crippen molar-refractivity contribution in [3.63, 3.8) is 0 Å². The van der Waals surface area contributed by atoms with E-state index in [2.05, 4.69) is 22.5 Å². The van der Waals surface area contributed by atoms with Gasteiger partial charge in [0.1, 0.15) is 5.76 Å². The van der Waals surface area contributed by atoms with Crippen molar-refractivity contribution in [3.8, 4) is 0 Å². The van der Waals surface area contributed by atoms with Crippen LogP contribution in [-0.2, 0) is 6.42 Å². The van der Waals surface area contributed by atoms with Gasteiger partial charge in [-0.2, -0.15) is 0 Å². The highest BCUT2D eigenvalue weighted by Gasteiger charge is 2.24. The van der Waals surface area contributed by atoms with E-state index in [1.165, 1.54) is 12.8 Å². The predicted octanol–water partition coefficient (Wildman–Crippen LogP) is 2.69. The lowest BCUT2D eigenvalue weighted by Crippen LogP contribution is -2.43. The first-order chi connectivity index (χ1) is 10.7. The Kier molecular flexibility index (Phi) is 5.03. The molecule has 0 saturated carbocycles. The molecule has 1 unspecified atom stereocenters. The Bertz CT molecular complexity index is 492. The zero-order valence-corrected chi connectivity index (χ0v) is 13.4. The van der Waals surface area contributed by atoms with Crippen LogP contribution < -0.4 is 10.6 Å². The van der Waals surface area contributed by atoms with E-state index < -0.39 is 0 Å². The van der Waals surface area contributed by atoms with E-state index in [0.29, 0.717) is 6.54 Å². The van der Waals surface area contributed by atoms with Crippen molar-refractivity contribution in [3.05, 3.63) is 23.7 Å². The summed E-state index contributed by atoms with van der Waals surface area (Å²) in [6.45, 7) is 6.29. The lowest BCUT2D eigenvalue weighted by Gasteiger charge is -2.30. The fourth-order valence-corrected chi connectivity index (χ4v) is 3.46. The maximum atomic E-state index is 12.1. The maximum Gasteiger partial charge on any atom is 0.315 e. The monoisotopic (exact) mass is 305 g/mol. The van der Waals surface area contributed by atoms with Crippen molar-refractivity contribution in [1.82, 2.24) is 15.5 Å². The second kappa shape index (κ2) is 7.18. The number of nitrogens with zero attached hydrogens (tertiary/aromatic N) is 1. The van der Waals surface area contributed by atoms with Crippen LogP contribution in [0, 0.1) is 5.92 Å². The predicted molar refractivity (Wildman–Crippen MR) is 85.8 cm³/mol. The molecule has 5 heteroatoms. The van der Waals surface area contributed by atoms with E-state index in [4.69, 9.17) is 4.42 Å². The van der Waals surface area contributed by atoms with Crippen LogP contribution in [-0.4, -0.2) is 37.1 Å². The molecule has 0 aromatic carbocycles. The molecule has 2 aliphatic rings. The molecule has 1 atom stereocenters. The van der Waals surface area contributed by atoms with Gasteiger partial charge in [0, 0.05) is 25.1 Å². The highest BCUT2D eigenvalue weighted by Crippen LogP contribution is 2.30. The van der Waals surface area contributed by atoms with Crippen LogP contribution in [0.15, 0.2) is 16.7 Å². The third-order valence-corrected chi connectivity index (χ3v) is 4.95. The first-order valence-corrected chi connectivity index (χ1v) is 8.55. The van der Waals surface area contributed by atoms with Crippen LogP contribution in [0.5, 0.6) is 0 Å². The zero-order valence-electron chi connectivity index (χ0n) is 13.4. The van der Waals surface area contributed by atoms with Gasteiger partial charge in [-0.15, -0.1) is 0 Å². The van der Waals surface area contributed by atoms with Crippen LogP contribution in [0.25, 0.3) is 0 Å². The third-order valence-electron chi connectivity index (χ3n) is 4.95. The number of piperidine rings is 1. The van der Waals surface area contributed by atoms with Crippen molar-refractivity contribution < 1.29 is 9.21 Å². The number of hydrogen-bond acceptors (Lipinski definition) is 3. The van der Waals surface area contributed by atoms with E-state index in [-0.39, 0.29) is 12.1 Å². The fraction of sp³-hybridized carbons (Fsp3) is 0.706. The lowest BCUT2D eigenvalue weighted by atomic mass is 9.93. The van der Waals surface area contributed by atoms with Gasteiger partial charge >= 0.3 is 6.03 Å².